The van der Waals surface area contributed by atoms with Crippen molar-refractivity contribution < 1.29 is 9.59 Å². The number of nitrogens with one attached hydrogen (secondary N) is 2. The molecule has 8 heteroatoms. The van der Waals surface area contributed by atoms with Crippen molar-refractivity contribution in [3.63, 3.8) is 0 Å². The minimum atomic E-state index is -0.772. The van der Waals surface area contributed by atoms with Crippen molar-refractivity contribution in [1.82, 2.24) is 15.2 Å². The molecule has 1 saturated heterocycles. The second-order valence-corrected chi connectivity index (χ2v) is 7.52. The number of hydrogen-bond acceptors (Lipinski definition) is 5. The molecule has 1 aromatic heterocycles. The molecule has 2 amide bonds. The molecule has 144 valence electrons. The molecule has 0 bridgehead atoms. The Balaban J connectivity index is 1.77. The largest absolute Gasteiger partial charge is 0.394 e. The summed E-state index contributed by atoms with van der Waals surface area (Å²) in [6.07, 6.45) is 5.12. The lowest BCUT2D eigenvalue weighted by Gasteiger charge is -2.22. The van der Waals surface area contributed by atoms with Crippen molar-refractivity contribution in [3.8, 4) is 6.07 Å². The van der Waals surface area contributed by atoms with Crippen molar-refractivity contribution in [1.29, 1.82) is 5.26 Å². The van der Waals surface area contributed by atoms with Crippen molar-refractivity contribution in [2.45, 2.75) is 51.1 Å². The molecule has 2 heterocycles. The molecule has 4 N–H and O–H groups in total. The summed E-state index contributed by atoms with van der Waals surface area (Å²) in [5.41, 5.74) is 6.27. The van der Waals surface area contributed by atoms with Gasteiger partial charge in [-0.2, -0.15) is 5.26 Å². The first-order chi connectivity index (χ1) is 12.9. The lowest BCUT2D eigenvalue weighted by Crippen LogP contribution is -2.43. The van der Waals surface area contributed by atoms with E-state index in [9.17, 15) is 19.6 Å². The number of nitrogens with two attached hydrogens (primary N) is 1. The standard InChI is InChI=1S/C19H25N5O3/c1-11-5-7-24(19(27)16(11)21)15(8-12-2-3-12)18(26)23-14(10-20)9-13-4-6-22-17(13)25/h5,7,12-15H,2-4,6,8-9,21H2,1H3,(H,22,25)(H,23,26). The fourth-order valence-electron chi connectivity index (χ4n) is 3.49. The van der Waals surface area contributed by atoms with E-state index in [4.69, 9.17) is 5.73 Å². The van der Waals surface area contributed by atoms with Crippen LogP contribution in [0.3, 0.4) is 0 Å². The Hall–Kier alpha value is -2.82. The van der Waals surface area contributed by atoms with E-state index in [1.807, 2.05) is 0 Å². The quantitative estimate of drug-likeness (QED) is 0.647. The molecule has 1 aliphatic carbocycles. The van der Waals surface area contributed by atoms with Gasteiger partial charge in [-0.25, -0.2) is 0 Å². The lowest BCUT2D eigenvalue weighted by atomic mass is 9.98. The molecule has 3 unspecified atom stereocenters. The fourth-order valence-corrected chi connectivity index (χ4v) is 3.49. The van der Waals surface area contributed by atoms with Gasteiger partial charge in [-0.1, -0.05) is 12.8 Å². The number of hydrogen-bond donors (Lipinski definition) is 3. The summed E-state index contributed by atoms with van der Waals surface area (Å²) in [5, 5.41) is 14.9. The maximum Gasteiger partial charge on any atom is 0.274 e. The summed E-state index contributed by atoms with van der Waals surface area (Å²) in [4.78, 5) is 37.2. The van der Waals surface area contributed by atoms with Crippen molar-refractivity contribution in [2.75, 3.05) is 12.3 Å². The third kappa shape index (κ3) is 4.30. The molecule has 3 rings (SSSR count). The molecule has 1 aliphatic heterocycles. The minimum Gasteiger partial charge on any atom is -0.394 e. The van der Waals surface area contributed by atoms with Gasteiger partial charge in [-0.05, 0) is 43.7 Å². The van der Waals surface area contributed by atoms with E-state index in [2.05, 4.69) is 16.7 Å². The maximum absolute atomic E-state index is 12.9. The number of rotatable bonds is 7. The van der Waals surface area contributed by atoms with Crippen molar-refractivity contribution in [2.24, 2.45) is 11.8 Å². The van der Waals surface area contributed by atoms with Crippen LogP contribution < -0.4 is 21.9 Å². The average Bonchev–Trinajstić information content (AvgIpc) is 3.39. The van der Waals surface area contributed by atoms with Crippen LogP contribution in [0.1, 0.15) is 43.7 Å². The zero-order valence-electron chi connectivity index (χ0n) is 15.4. The second-order valence-electron chi connectivity index (χ2n) is 7.52. The number of aryl methyl sites for hydroxylation is 1. The second kappa shape index (κ2) is 7.82. The van der Waals surface area contributed by atoms with Gasteiger partial charge in [-0.3, -0.25) is 14.4 Å². The summed E-state index contributed by atoms with van der Waals surface area (Å²) in [6, 6.07) is 2.30. The van der Waals surface area contributed by atoms with Gasteiger partial charge in [-0.15, -0.1) is 0 Å². The molecular weight excluding hydrogens is 346 g/mol. The van der Waals surface area contributed by atoms with Crippen LogP contribution in [0.4, 0.5) is 5.69 Å². The maximum atomic E-state index is 12.9. The Morgan fingerprint density at radius 1 is 1.41 bits per heavy atom. The number of nitriles is 1. The molecule has 2 aliphatic rings. The van der Waals surface area contributed by atoms with Gasteiger partial charge in [0.25, 0.3) is 5.56 Å². The molecule has 2 fully saturated rings. The third-order valence-electron chi connectivity index (χ3n) is 5.42. The zero-order valence-corrected chi connectivity index (χ0v) is 15.4. The molecule has 27 heavy (non-hydrogen) atoms. The van der Waals surface area contributed by atoms with E-state index in [1.54, 1.807) is 19.2 Å². The highest BCUT2D eigenvalue weighted by Gasteiger charge is 2.33. The number of pyridine rings is 1. The van der Waals surface area contributed by atoms with Gasteiger partial charge in [0.2, 0.25) is 11.8 Å². The van der Waals surface area contributed by atoms with E-state index in [1.165, 1.54) is 4.57 Å². The van der Waals surface area contributed by atoms with E-state index in [0.29, 0.717) is 30.9 Å². The highest BCUT2D eigenvalue weighted by atomic mass is 16.2. The first-order valence-corrected chi connectivity index (χ1v) is 9.35. The van der Waals surface area contributed by atoms with Crippen LogP contribution in [-0.2, 0) is 9.59 Å². The highest BCUT2D eigenvalue weighted by molar-refractivity contribution is 5.82. The number of amides is 2. The Bertz CT molecular complexity index is 837. The first-order valence-electron chi connectivity index (χ1n) is 9.35. The monoisotopic (exact) mass is 371 g/mol. The van der Waals surface area contributed by atoms with Crippen LogP contribution in [0.5, 0.6) is 0 Å². The zero-order chi connectivity index (χ0) is 19.6. The van der Waals surface area contributed by atoms with Gasteiger partial charge in [0.05, 0.1) is 6.07 Å². The molecule has 8 nitrogen and oxygen atoms in total. The van der Waals surface area contributed by atoms with E-state index >= 15 is 0 Å². The van der Waals surface area contributed by atoms with Gasteiger partial charge < -0.3 is 20.9 Å². The van der Waals surface area contributed by atoms with Crippen LogP contribution >= 0.6 is 0 Å². The van der Waals surface area contributed by atoms with E-state index < -0.39 is 12.1 Å². The smallest absolute Gasteiger partial charge is 0.274 e. The molecule has 0 radical (unpaired) electrons. The number of carbonyl (C=O) groups is 2. The van der Waals surface area contributed by atoms with E-state index in [0.717, 1.165) is 12.8 Å². The summed E-state index contributed by atoms with van der Waals surface area (Å²) in [6.45, 7) is 2.34. The Morgan fingerprint density at radius 2 is 2.15 bits per heavy atom. The molecule has 1 saturated carbocycles. The number of carbonyl (C=O) groups excluding carboxylic acids is 2. The lowest BCUT2D eigenvalue weighted by molar-refractivity contribution is -0.126. The number of anilines is 1. The number of nitrogens with zero attached hydrogens (tertiary/aromatic N) is 2. The van der Waals surface area contributed by atoms with Crippen molar-refractivity contribution >= 4 is 17.5 Å². The summed E-state index contributed by atoms with van der Waals surface area (Å²) >= 11 is 0. The predicted octanol–water partition coefficient (Wildman–Crippen LogP) is 0.615. The van der Waals surface area contributed by atoms with Crippen LogP contribution in [0.15, 0.2) is 17.1 Å². The number of aromatic nitrogens is 1. The molecule has 1 aromatic rings. The van der Waals surface area contributed by atoms with Gasteiger partial charge in [0.15, 0.2) is 0 Å². The highest BCUT2D eigenvalue weighted by Crippen LogP contribution is 2.36. The predicted molar refractivity (Wildman–Crippen MR) is 99.5 cm³/mol. The van der Waals surface area contributed by atoms with Gasteiger partial charge in [0, 0.05) is 18.7 Å². The topological polar surface area (TPSA) is 130 Å². The first kappa shape index (κ1) is 19.0. The normalized spacial score (nSPS) is 21.2. The van der Waals surface area contributed by atoms with Gasteiger partial charge in [0.1, 0.15) is 17.8 Å². The Kier molecular flexibility index (Phi) is 5.49. The molecule has 0 spiro atoms. The van der Waals surface area contributed by atoms with E-state index in [-0.39, 0.29) is 35.4 Å². The minimum absolute atomic E-state index is 0.0819. The Morgan fingerprint density at radius 3 is 2.74 bits per heavy atom. The SMILES string of the molecule is Cc1ccn(C(CC2CC2)C(=O)NC(C#N)CC2CCNC2=O)c(=O)c1N. The van der Waals surface area contributed by atoms with Crippen LogP contribution in [0.2, 0.25) is 0 Å². The van der Waals surface area contributed by atoms with Crippen LogP contribution in [0.25, 0.3) is 0 Å². The summed E-state index contributed by atoms with van der Waals surface area (Å²) < 4.78 is 1.37. The molecule has 3 atom stereocenters. The van der Waals surface area contributed by atoms with Crippen molar-refractivity contribution in [3.05, 3.63) is 28.2 Å². The molecule has 0 aromatic carbocycles. The van der Waals surface area contributed by atoms with Crippen LogP contribution in [0, 0.1) is 30.1 Å². The average molecular weight is 371 g/mol. The summed E-state index contributed by atoms with van der Waals surface area (Å²) in [7, 11) is 0. The van der Waals surface area contributed by atoms with Gasteiger partial charge >= 0.3 is 0 Å². The van der Waals surface area contributed by atoms with Crippen LogP contribution in [-0.4, -0.2) is 29.0 Å². The Labute approximate surface area is 157 Å². The number of nitrogen functional groups attached to an aromatic ring is 1. The molecular formula is C19H25N5O3. The third-order valence-corrected chi connectivity index (χ3v) is 5.42. The summed E-state index contributed by atoms with van der Waals surface area (Å²) in [5.74, 6) is -0.329. The fraction of sp³-hybridized carbons (Fsp3) is 0.579.